The zero-order valence-electron chi connectivity index (χ0n) is 25.1. The maximum absolute atomic E-state index is 14.0. The molecule has 2 heterocycles. The van der Waals surface area contributed by atoms with E-state index < -0.39 is 18.0 Å². The first-order valence-corrected chi connectivity index (χ1v) is 16.2. The summed E-state index contributed by atoms with van der Waals surface area (Å²) in [5, 5.41) is 9.10. The van der Waals surface area contributed by atoms with E-state index in [0.717, 1.165) is 14.7 Å². The highest BCUT2D eigenvalue weighted by Gasteiger charge is 2.35. The summed E-state index contributed by atoms with van der Waals surface area (Å²) in [6.45, 7) is 7.80. The molecule has 1 atom stereocenters. The number of hydrogen-bond acceptors (Lipinski definition) is 8. The minimum atomic E-state index is -0.977. The second kappa shape index (κ2) is 13.8. The second-order valence-corrected chi connectivity index (χ2v) is 12.7. The summed E-state index contributed by atoms with van der Waals surface area (Å²) in [7, 11) is 0. The maximum Gasteiger partial charge on any atom is 0.338 e. The first-order valence-electron chi connectivity index (χ1n) is 14.3. The minimum Gasteiger partial charge on any atom is -0.491 e. The maximum atomic E-state index is 14.0. The van der Waals surface area contributed by atoms with Crippen LogP contribution in [0.4, 0.5) is 0 Å². The van der Waals surface area contributed by atoms with Crippen molar-refractivity contribution in [1.29, 1.82) is 0 Å². The molecule has 0 bridgehead atoms. The fraction of sp³-hybridized carbons (Fsp3) is 0.235. The molecule has 0 spiro atoms. The summed E-state index contributed by atoms with van der Waals surface area (Å²) in [5.74, 6) is -0.269. The average Bonchev–Trinajstić information content (AvgIpc) is 3.30. The number of halogens is 1. The van der Waals surface area contributed by atoms with Crippen molar-refractivity contribution in [1.82, 2.24) is 4.57 Å². The van der Waals surface area contributed by atoms with Crippen molar-refractivity contribution >= 4 is 51.9 Å². The number of thiazole rings is 1. The quantitative estimate of drug-likeness (QED) is 0.170. The lowest BCUT2D eigenvalue weighted by atomic mass is 9.95. The average molecular weight is 739 g/mol. The second-order valence-electron chi connectivity index (χ2n) is 10.5. The van der Waals surface area contributed by atoms with Gasteiger partial charge < -0.3 is 19.3 Å². The van der Waals surface area contributed by atoms with Crippen molar-refractivity contribution in [2.24, 2.45) is 4.99 Å². The van der Waals surface area contributed by atoms with Crippen molar-refractivity contribution in [2.45, 2.75) is 46.4 Å². The Morgan fingerprint density at radius 1 is 1.09 bits per heavy atom. The number of fused-ring (bicyclic) bond motifs is 1. The minimum absolute atomic E-state index is 0.120. The van der Waals surface area contributed by atoms with Crippen LogP contribution in [0.5, 0.6) is 11.5 Å². The highest BCUT2D eigenvalue weighted by molar-refractivity contribution is 14.1. The number of carbonyl (C=O) groups excluding carboxylic acids is 1. The Hall–Kier alpha value is -4.23. The Bertz CT molecular complexity index is 1980. The summed E-state index contributed by atoms with van der Waals surface area (Å²) in [6, 6.07) is 18.8. The molecule has 0 amide bonds. The van der Waals surface area contributed by atoms with Gasteiger partial charge in [-0.15, -0.1) is 0 Å². The number of ether oxygens (including phenoxy) is 3. The Labute approximate surface area is 277 Å². The molecular weight excluding hydrogens is 707 g/mol. The number of carboxylic acid groups (broad SMARTS) is 1. The Kier molecular flexibility index (Phi) is 9.88. The van der Waals surface area contributed by atoms with Gasteiger partial charge in [0.25, 0.3) is 5.56 Å². The van der Waals surface area contributed by atoms with Gasteiger partial charge in [-0.05, 0) is 97.8 Å². The van der Waals surface area contributed by atoms with Crippen LogP contribution in [-0.2, 0) is 16.1 Å². The van der Waals surface area contributed by atoms with Gasteiger partial charge >= 0.3 is 11.9 Å². The standard InChI is InChI=1S/C34H31IN2O7S/c1-5-42-33(41)29-20(4)36-34-37(30(29)24-8-6-7-9-26(24)44-19(2)3)31(38)28(45-34)17-22-12-15-27(25(35)16-22)43-18-21-10-13-23(14-11-21)32(39)40/h6-17,19,30H,5,18H2,1-4H3,(H,39,40)/b28-17+/t30-/m1/s1. The van der Waals surface area contributed by atoms with Gasteiger partial charge in [-0.3, -0.25) is 9.36 Å². The third-order valence-corrected chi connectivity index (χ3v) is 8.77. The van der Waals surface area contributed by atoms with Crippen LogP contribution in [0.2, 0.25) is 0 Å². The van der Waals surface area contributed by atoms with E-state index in [9.17, 15) is 14.4 Å². The molecule has 0 aliphatic carbocycles. The lowest BCUT2D eigenvalue weighted by molar-refractivity contribution is -0.139. The SMILES string of the molecule is CCOC(=O)C1=C(C)N=c2s/c(=C/c3ccc(OCc4ccc(C(=O)O)cc4)c(I)c3)c(=O)n2[C@@H]1c1ccccc1OC(C)C. The van der Waals surface area contributed by atoms with Crippen LogP contribution in [0.1, 0.15) is 60.8 Å². The fourth-order valence-electron chi connectivity index (χ4n) is 4.93. The predicted molar refractivity (Wildman–Crippen MR) is 179 cm³/mol. The Morgan fingerprint density at radius 3 is 2.49 bits per heavy atom. The van der Waals surface area contributed by atoms with Crippen LogP contribution in [0.3, 0.4) is 0 Å². The fourth-order valence-corrected chi connectivity index (χ4v) is 6.68. The summed E-state index contributed by atoms with van der Waals surface area (Å²) in [4.78, 5) is 43.6. The van der Waals surface area contributed by atoms with Crippen LogP contribution in [0.25, 0.3) is 6.08 Å². The van der Waals surface area contributed by atoms with E-state index in [1.807, 2.05) is 56.3 Å². The molecule has 0 fully saturated rings. The summed E-state index contributed by atoms with van der Waals surface area (Å²) in [6.07, 6.45) is 1.68. The molecule has 1 aliphatic rings. The molecule has 4 aromatic rings. The Morgan fingerprint density at radius 2 is 1.82 bits per heavy atom. The van der Waals surface area contributed by atoms with E-state index in [4.69, 9.17) is 19.3 Å². The molecule has 11 heteroatoms. The topological polar surface area (TPSA) is 116 Å². The van der Waals surface area contributed by atoms with Gasteiger partial charge in [0.05, 0.1) is 37.6 Å². The van der Waals surface area contributed by atoms with E-state index in [1.165, 1.54) is 11.3 Å². The monoisotopic (exact) mass is 738 g/mol. The number of aromatic carboxylic acids is 1. The molecule has 0 unspecified atom stereocenters. The van der Waals surface area contributed by atoms with E-state index in [2.05, 4.69) is 27.6 Å². The van der Waals surface area contributed by atoms with Gasteiger partial charge in [0.2, 0.25) is 0 Å². The molecule has 9 nitrogen and oxygen atoms in total. The number of benzene rings is 3. The summed E-state index contributed by atoms with van der Waals surface area (Å²) >= 11 is 3.43. The van der Waals surface area contributed by atoms with Crippen molar-refractivity contribution < 1.29 is 28.9 Å². The van der Waals surface area contributed by atoms with Gasteiger partial charge in [-0.1, -0.05) is 47.7 Å². The van der Waals surface area contributed by atoms with Gasteiger partial charge in [-0.2, -0.15) is 0 Å². The lowest BCUT2D eigenvalue weighted by Crippen LogP contribution is -2.40. The molecule has 3 aromatic carbocycles. The number of carbonyl (C=O) groups is 2. The van der Waals surface area contributed by atoms with Crippen LogP contribution < -0.4 is 24.4 Å². The van der Waals surface area contributed by atoms with Gasteiger partial charge in [-0.25, -0.2) is 14.6 Å². The number of aromatic nitrogens is 1. The van der Waals surface area contributed by atoms with Crippen molar-refractivity contribution in [3.05, 3.63) is 124 Å². The van der Waals surface area contributed by atoms with Gasteiger partial charge in [0.1, 0.15) is 24.1 Å². The summed E-state index contributed by atoms with van der Waals surface area (Å²) < 4.78 is 20.4. The van der Waals surface area contributed by atoms with Gasteiger partial charge in [0.15, 0.2) is 4.80 Å². The predicted octanol–water partition coefficient (Wildman–Crippen LogP) is 5.47. The normalized spacial score (nSPS) is 14.6. The number of rotatable bonds is 10. The van der Waals surface area contributed by atoms with E-state index in [1.54, 1.807) is 48.8 Å². The number of allylic oxidation sites excluding steroid dienone is 1. The van der Waals surface area contributed by atoms with Crippen LogP contribution in [0.15, 0.2) is 87.8 Å². The molecule has 1 N–H and O–H groups in total. The number of para-hydroxylation sites is 1. The molecule has 1 aliphatic heterocycles. The third-order valence-electron chi connectivity index (χ3n) is 6.94. The molecule has 0 saturated carbocycles. The molecule has 5 rings (SSSR count). The molecule has 0 saturated heterocycles. The first-order chi connectivity index (χ1) is 21.6. The number of hydrogen-bond donors (Lipinski definition) is 1. The van der Waals surface area contributed by atoms with Crippen molar-refractivity contribution in [2.75, 3.05) is 6.61 Å². The largest absolute Gasteiger partial charge is 0.491 e. The van der Waals surface area contributed by atoms with E-state index in [0.29, 0.717) is 37.7 Å². The third kappa shape index (κ3) is 7.04. The number of esters is 1. The molecule has 1 aromatic heterocycles. The van der Waals surface area contributed by atoms with Crippen molar-refractivity contribution in [3.63, 3.8) is 0 Å². The van der Waals surface area contributed by atoms with Crippen molar-refractivity contribution in [3.8, 4) is 11.5 Å². The molecule has 232 valence electrons. The van der Waals surface area contributed by atoms with Crippen LogP contribution in [0, 0.1) is 3.57 Å². The lowest BCUT2D eigenvalue weighted by Gasteiger charge is -2.26. The van der Waals surface area contributed by atoms with E-state index in [-0.39, 0.29) is 30.4 Å². The molecular formula is C34H31IN2O7S. The Balaban J connectivity index is 1.51. The smallest absolute Gasteiger partial charge is 0.338 e. The number of carboxylic acids is 1. The zero-order chi connectivity index (χ0) is 32.2. The van der Waals surface area contributed by atoms with Gasteiger partial charge in [0, 0.05) is 5.56 Å². The first kappa shape index (κ1) is 32.2. The zero-order valence-corrected chi connectivity index (χ0v) is 28.0. The molecule has 0 radical (unpaired) electrons. The van der Waals surface area contributed by atoms with E-state index >= 15 is 0 Å². The highest BCUT2D eigenvalue weighted by atomic mass is 127. The van der Waals surface area contributed by atoms with Crippen LogP contribution in [-0.4, -0.2) is 34.3 Å². The molecule has 45 heavy (non-hydrogen) atoms. The summed E-state index contributed by atoms with van der Waals surface area (Å²) in [5.41, 5.74) is 3.03. The highest BCUT2D eigenvalue weighted by Crippen LogP contribution is 2.36. The van der Waals surface area contributed by atoms with Crippen LogP contribution >= 0.6 is 33.9 Å². The number of nitrogens with zero attached hydrogens (tertiary/aromatic N) is 2.